The Balaban J connectivity index is 2.18. The molecule has 2 rings (SSSR count). The Morgan fingerprint density at radius 2 is 2.11 bits per heavy atom. The first-order valence-corrected chi connectivity index (χ1v) is 8.77. The van der Waals surface area contributed by atoms with Crippen molar-refractivity contribution in [3.05, 3.63) is 30.1 Å². The van der Waals surface area contributed by atoms with E-state index < -0.39 is 11.6 Å². The lowest BCUT2D eigenvalue weighted by Gasteiger charge is -2.26. The molecule has 0 aliphatic carbocycles. The fourth-order valence-electron chi connectivity index (χ4n) is 2.85. The van der Waals surface area contributed by atoms with E-state index in [0.29, 0.717) is 24.1 Å². The van der Waals surface area contributed by atoms with Crippen molar-refractivity contribution < 1.29 is 14.6 Å². The highest BCUT2D eigenvalue weighted by Gasteiger charge is 2.21. The lowest BCUT2D eigenvalue weighted by atomic mass is 9.93. The van der Waals surface area contributed by atoms with E-state index in [1.165, 1.54) is 13.2 Å². The highest BCUT2D eigenvalue weighted by Crippen LogP contribution is 2.25. The number of ether oxygens (including phenoxy) is 1. The summed E-state index contributed by atoms with van der Waals surface area (Å²) in [6, 6.07) is 3.53. The molecule has 27 heavy (non-hydrogen) atoms. The third-order valence-electron chi connectivity index (χ3n) is 4.02. The van der Waals surface area contributed by atoms with E-state index in [2.05, 4.69) is 28.8 Å². The molecule has 0 saturated heterocycles. The molecule has 8 heteroatoms. The maximum Gasteiger partial charge on any atom is 0.413 e. The Kier molecular flexibility index (Phi) is 6.32. The predicted molar refractivity (Wildman–Crippen MR) is 104 cm³/mol. The first kappa shape index (κ1) is 20.6. The summed E-state index contributed by atoms with van der Waals surface area (Å²) in [5.41, 5.74) is 8.12. The molecule has 1 unspecified atom stereocenters. The van der Waals surface area contributed by atoms with E-state index in [4.69, 9.17) is 15.6 Å². The number of anilines is 1. The number of amides is 1. The van der Waals surface area contributed by atoms with Gasteiger partial charge in [-0.15, -0.1) is 0 Å². The van der Waals surface area contributed by atoms with Crippen LogP contribution in [0.5, 0.6) is 5.88 Å². The SMILES string of the molecule is Cc1cc(OCC(C)(N)CC(C)C)ncc1-c1ccnc(N(C)C(=O)O)n1. The summed E-state index contributed by atoms with van der Waals surface area (Å²) in [6.07, 6.45) is 2.91. The summed E-state index contributed by atoms with van der Waals surface area (Å²) in [5, 5.41) is 9.07. The lowest BCUT2D eigenvalue weighted by Crippen LogP contribution is -2.43. The minimum atomic E-state index is -1.13. The van der Waals surface area contributed by atoms with Gasteiger partial charge in [0.15, 0.2) is 0 Å². The second-order valence-corrected chi connectivity index (χ2v) is 7.46. The maximum absolute atomic E-state index is 11.1. The molecule has 1 atom stereocenters. The van der Waals surface area contributed by atoms with Gasteiger partial charge in [0.1, 0.15) is 6.61 Å². The summed E-state index contributed by atoms with van der Waals surface area (Å²) in [4.78, 5) is 24.7. The van der Waals surface area contributed by atoms with Gasteiger partial charge in [-0.1, -0.05) is 13.8 Å². The molecule has 2 heterocycles. The number of carboxylic acid groups (broad SMARTS) is 1. The highest BCUT2D eigenvalue weighted by atomic mass is 16.5. The Morgan fingerprint density at radius 3 is 2.70 bits per heavy atom. The predicted octanol–water partition coefficient (Wildman–Crippen LogP) is 3.10. The molecule has 0 bridgehead atoms. The standard InChI is InChI=1S/C19H27N5O3/c1-12(2)9-19(4,20)11-27-16-8-13(3)14(10-22-16)15-6-7-21-17(23-15)24(5)18(25)26/h6-8,10,12H,9,11,20H2,1-5H3,(H,25,26). The van der Waals surface area contributed by atoms with Crippen LogP contribution >= 0.6 is 0 Å². The first-order chi connectivity index (χ1) is 12.6. The van der Waals surface area contributed by atoms with Gasteiger partial charge >= 0.3 is 6.09 Å². The topological polar surface area (TPSA) is 114 Å². The van der Waals surface area contributed by atoms with Crippen molar-refractivity contribution in [1.29, 1.82) is 0 Å². The summed E-state index contributed by atoms with van der Waals surface area (Å²) >= 11 is 0. The number of hydrogen-bond donors (Lipinski definition) is 2. The van der Waals surface area contributed by atoms with Crippen molar-refractivity contribution in [2.24, 2.45) is 11.7 Å². The number of pyridine rings is 1. The number of aromatic nitrogens is 3. The molecule has 8 nitrogen and oxygen atoms in total. The highest BCUT2D eigenvalue weighted by molar-refractivity contribution is 5.83. The summed E-state index contributed by atoms with van der Waals surface area (Å²) in [6.45, 7) is 8.51. The average molecular weight is 373 g/mol. The van der Waals surface area contributed by atoms with Crippen LogP contribution in [0.4, 0.5) is 10.7 Å². The van der Waals surface area contributed by atoms with Crippen LogP contribution in [0, 0.1) is 12.8 Å². The van der Waals surface area contributed by atoms with E-state index in [-0.39, 0.29) is 5.95 Å². The van der Waals surface area contributed by atoms with Gasteiger partial charge < -0.3 is 15.6 Å². The van der Waals surface area contributed by atoms with Crippen molar-refractivity contribution in [3.63, 3.8) is 0 Å². The quantitative estimate of drug-likeness (QED) is 0.766. The zero-order valence-electron chi connectivity index (χ0n) is 16.4. The second-order valence-electron chi connectivity index (χ2n) is 7.46. The van der Waals surface area contributed by atoms with E-state index in [1.54, 1.807) is 12.3 Å². The molecule has 1 amide bonds. The monoisotopic (exact) mass is 373 g/mol. The normalized spacial score (nSPS) is 13.3. The van der Waals surface area contributed by atoms with Crippen LogP contribution in [0.2, 0.25) is 0 Å². The number of nitrogens with two attached hydrogens (primary N) is 1. The fourth-order valence-corrected chi connectivity index (χ4v) is 2.85. The Labute approximate surface area is 159 Å². The van der Waals surface area contributed by atoms with E-state index >= 15 is 0 Å². The number of nitrogens with zero attached hydrogens (tertiary/aromatic N) is 4. The molecule has 146 valence electrons. The fraction of sp³-hybridized carbons (Fsp3) is 0.474. The van der Waals surface area contributed by atoms with Crippen molar-refractivity contribution in [2.75, 3.05) is 18.6 Å². The molecule has 0 fully saturated rings. The third kappa shape index (κ3) is 5.62. The molecule has 0 aliphatic heterocycles. The zero-order chi connectivity index (χ0) is 20.2. The van der Waals surface area contributed by atoms with Crippen LogP contribution in [0.1, 0.15) is 32.8 Å². The molecule has 0 aromatic carbocycles. The van der Waals surface area contributed by atoms with Crippen LogP contribution in [-0.2, 0) is 0 Å². The van der Waals surface area contributed by atoms with E-state index in [1.807, 2.05) is 19.9 Å². The van der Waals surface area contributed by atoms with Crippen LogP contribution < -0.4 is 15.4 Å². The lowest BCUT2D eigenvalue weighted by molar-refractivity contribution is 0.200. The summed E-state index contributed by atoms with van der Waals surface area (Å²) in [7, 11) is 1.39. The largest absolute Gasteiger partial charge is 0.476 e. The number of hydrogen-bond acceptors (Lipinski definition) is 6. The van der Waals surface area contributed by atoms with Crippen LogP contribution in [0.3, 0.4) is 0 Å². The van der Waals surface area contributed by atoms with Gasteiger partial charge in [0.05, 0.1) is 5.69 Å². The van der Waals surface area contributed by atoms with Gasteiger partial charge in [-0.2, -0.15) is 0 Å². The molecular weight excluding hydrogens is 346 g/mol. The van der Waals surface area contributed by atoms with Gasteiger partial charge in [0, 0.05) is 36.6 Å². The Bertz CT molecular complexity index is 808. The number of rotatable bonds is 7. The van der Waals surface area contributed by atoms with Gasteiger partial charge in [-0.25, -0.2) is 24.6 Å². The van der Waals surface area contributed by atoms with Gasteiger partial charge in [0.2, 0.25) is 11.8 Å². The molecular formula is C19H27N5O3. The molecule has 0 saturated carbocycles. The molecule has 2 aromatic heterocycles. The number of aryl methyl sites for hydroxylation is 1. The smallest absolute Gasteiger partial charge is 0.413 e. The van der Waals surface area contributed by atoms with Gasteiger partial charge in [-0.05, 0) is 37.8 Å². The zero-order valence-corrected chi connectivity index (χ0v) is 16.4. The van der Waals surface area contributed by atoms with E-state index in [9.17, 15) is 4.79 Å². The molecule has 0 aliphatic rings. The van der Waals surface area contributed by atoms with E-state index in [0.717, 1.165) is 22.4 Å². The van der Waals surface area contributed by atoms with Crippen molar-refractivity contribution >= 4 is 12.0 Å². The molecule has 0 spiro atoms. The van der Waals surface area contributed by atoms with Crippen molar-refractivity contribution in [3.8, 4) is 17.1 Å². The first-order valence-electron chi connectivity index (χ1n) is 8.77. The van der Waals surface area contributed by atoms with Crippen LogP contribution in [0.25, 0.3) is 11.3 Å². The third-order valence-corrected chi connectivity index (χ3v) is 4.02. The Morgan fingerprint density at radius 1 is 1.41 bits per heavy atom. The van der Waals surface area contributed by atoms with Gasteiger partial charge in [0.25, 0.3) is 0 Å². The van der Waals surface area contributed by atoms with Crippen LogP contribution in [-0.4, -0.2) is 45.3 Å². The second kappa shape index (κ2) is 8.30. The van der Waals surface area contributed by atoms with Crippen LogP contribution in [0.15, 0.2) is 24.5 Å². The minimum absolute atomic E-state index is 0.104. The molecule has 2 aromatic rings. The minimum Gasteiger partial charge on any atom is -0.476 e. The number of carbonyl (C=O) groups is 1. The van der Waals surface area contributed by atoms with Crippen molar-refractivity contribution in [1.82, 2.24) is 15.0 Å². The Hall–Kier alpha value is -2.74. The average Bonchev–Trinajstić information content (AvgIpc) is 2.58. The van der Waals surface area contributed by atoms with Crippen molar-refractivity contribution in [2.45, 2.75) is 39.7 Å². The maximum atomic E-state index is 11.1. The molecule has 3 N–H and O–H groups in total. The molecule has 0 radical (unpaired) electrons. The summed E-state index contributed by atoms with van der Waals surface area (Å²) < 4.78 is 5.78. The van der Waals surface area contributed by atoms with Gasteiger partial charge in [-0.3, -0.25) is 0 Å². The summed E-state index contributed by atoms with van der Waals surface area (Å²) in [5.74, 6) is 1.08.